The molecule has 1 aromatic carbocycles. The van der Waals surface area contributed by atoms with Crippen LogP contribution in [0.25, 0.3) is 0 Å². The van der Waals surface area contributed by atoms with Gasteiger partial charge in [0.05, 0.1) is 12.3 Å². The van der Waals surface area contributed by atoms with Crippen molar-refractivity contribution in [2.75, 3.05) is 37.0 Å². The zero-order valence-electron chi connectivity index (χ0n) is 14.6. The van der Waals surface area contributed by atoms with Gasteiger partial charge in [-0.15, -0.1) is 0 Å². The van der Waals surface area contributed by atoms with Crippen LogP contribution in [-0.2, 0) is 9.53 Å². The number of aromatic nitrogens is 2. The molecule has 8 heteroatoms. The van der Waals surface area contributed by atoms with Crippen molar-refractivity contribution in [2.45, 2.75) is 18.9 Å². The predicted octanol–water partition coefficient (Wildman–Crippen LogP) is 2.09. The lowest BCUT2D eigenvalue weighted by Gasteiger charge is -2.24. The van der Waals surface area contributed by atoms with Crippen molar-refractivity contribution in [1.29, 1.82) is 0 Å². The Balaban J connectivity index is 1.72. The first-order valence-corrected chi connectivity index (χ1v) is 8.57. The normalized spacial score (nSPS) is 16.5. The van der Waals surface area contributed by atoms with Gasteiger partial charge >= 0.3 is 0 Å². The molecule has 0 bridgehead atoms. The minimum absolute atomic E-state index is 0.0596. The van der Waals surface area contributed by atoms with Gasteiger partial charge in [-0.05, 0) is 31.0 Å². The van der Waals surface area contributed by atoms with Crippen molar-refractivity contribution in [3.05, 3.63) is 42.3 Å². The van der Waals surface area contributed by atoms with Crippen LogP contribution < -0.4 is 15.5 Å². The van der Waals surface area contributed by atoms with Crippen LogP contribution in [0.2, 0.25) is 0 Å². The molecule has 2 N–H and O–H groups in total. The van der Waals surface area contributed by atoms with Crippen LogP contribution in [0.3, 0.4) is 0 Å². The third-order valence-corrected chi connectivity index (χ3v) is 4.20. The number of amides is 1. The Hall–Kier alpha value is -2.74. The molecule has 26 heavy (non-hydrogen) atoms. The van der Waals surface area contributed by atoms with Gasteiger partial charge in [-0.3, -0.25) is 4.79 Å². The number of nitrogens with one attached hydrogen (secondary N) is 2. The van der Waals surface area contributed by atoms with Gasteiger partial charge in [-0.1, -0.05) is 12.1 Å². The molecular formula is C18H22FN5O2. The third-order valence-electron chi connectivity index (χ3n) is 4.20. The monoisotopic (exact) mass is 359 g/mol. The van der Waals surface area contributed by atoms with E-state index in [9.17, 15) is 9.18 Å². The topological polar surface area (TPSA) is 79.4 Å². The summed E-state index contributed by atoms with van der Waals surface area (Å²) in [5.74, 6) is 0.515. The minimum Gasteiger partial charge on any atom is -0.383 e. The van der Waals surface area contributed by atoms with Crippen molar-refractivity contribution in [3.8, 4) is 0 Å². The van der Waals surface area contributed by atoms with Gasteiger partial charge in [0.2, 0.25) is 11.9 Å². The average Bonchev–Trinajstić information content (AvgIpc) is 3.14. The lowest BCUT2D eigenvalue weighted by Crippen LogP contribution is -2.44. The Bertz CT molecular complexity index is 758. The van der Waals surface area contributed by atoms with E-state index >= 15 is 0 Å². The summed E-state index contributed by atoms with van der Waals surface area (Å²) in [6.07, 6.45) is 3.23. The molecule has 0 saturated carbocycles. The average molecular weight is 359 g/mol. The van der Waals surface area contributed by atoms with E-state index < -0.39 is 0 Å². The van der Waals surface area contributed by atoms with Crippen molar-refractivity contribution >= 4 is 23.4 Å². The first-order chi connectivity index (χ1) is 12.7. The van der Waals surface area contributed by atoms with E-state index in [2.05, 4.69) is 20.6 Å². The summed E-state index contributed by atoms with van der Waals surface area (Å²) in [6.45, 7) is 1.64. The number of hydrogen-bond donors (Lipinski definition) is 2. The minimum atomic E-state index is -0.357. The molecular weight excluding hydrogens is 337 g/mol. The molecule has 0 radical (unpaired) electrons. The van der Waals surface area contributed by atoms with Crippen LogP contribution in [-0.4, -0.2) is 48.7 Å². The Morgan fingerprint density at radius 2 is 2.23 bits per heavy atom. The third kappa shape index (κ3) is 4.26. The van der Waals surface area contributed by atoms with E-state index in [0.29, 0.717) is 37.1 Å². The number of nitrogens with zero attached hydrogens (tertiary/aromatic N) is 3. The standard InChI is InChI=1S/C18H22FN5O2/c1-26-12-10-20-17(25)15-7-4-11-24(15)18-21-9-8-16(23-18)22-14-6-3-2-5-13(14)19/h2-3,5-6,8-9,15H,4,7,10-12H2,1H3,(H,20,25)(H,21,22,23). The fourth-order valence-electron chi connectivity index (χ4n) is 2.93. The Morgan fingerprint density at radius 1 is 1.38 bits per heavy atom. The van der Waals surface area contributed by atoms with Crippen LogP contribution >= 0.6 is 0 Å². The molecule has 0 spiro atoms. The predicted molar refractivity (Wildman–Crippen MR) is 97.0 cm³/mol. The Morgan fingerprint density at radius 3 is 3.04 bits per heavy atom. The molecule has 3 rings (SSSR count). The van der Waals surface area contributed by atoms with E-state index in [1.807, 2.05) is 4.90 Å². The van der Waals surface area contributed by atoms with Crippen LogP contribution in [0.15, 0.2) is 36.5 Å². The summed E-state index contributed by atoms with van der Waals surface area (Å²) in [6, 6.07) is 7.75. The second-order valence-electron chi connectivity index (χ2n) is 5.98. The molecule has 138 valence electrons. The number of halogens is 1. The van der Waals surface area contributed by atoms with Crippen molar-refractivity contribution in [3.63, 3.8) is 0 Å². The summed E-state index contributed by atoms with van der Waals surface area (Å²) >= 11 is 0. The second kappa shape index (κ2) is 8.57. The largest absolute Gasteiger partial charge is 0.383 e. The quantitative estimate of drug-likeness (QED) is 0.737. The van der Waals surface area contributed by atoms with E-state index in [1.165, 1.54) is 6.07 Å². The lowest BCUT2D eigenvalue weighted by atomic mass is 10.2. The first-order valence-electron chi connectivity index (χ1n) is 8.57. The van der Waals surface area contributed by atoms with Gasteiger partial charge < -0.3 is 20.3 Å². The van der Waals surface area contributed by atoms with Crippen LogP contribution in [0.1, 0.15) is 12.8 Å². The Labute approximate surface area is 151 Å². The van der Waals surface area contributed by atoms with Crippen LogP contribution in [0.5, 0.6) is 0 Å². The van der Waals surface area contributed by atoms with E-state index in [4.69, 9.17) is 4.74 Å². The second-order valence-corrected chi connectivity index (χ2v) is 5.98. The molecule has 7 nitrogen and oxygen atoms in total. The zero-order chi connectivity index (χ0) is 18.4. The maximum absolute atomic E-state index is 13.8. The molecule has 1 unspecified atom stereocenters. The fraction of sp³-hybridized carbons (Fsp3) is 0.389. The van der Waals surface area contributed by atoms with Gasteiger partial charge in [-0.2, -0.15) is 4.98 Å². The number of anilines is 3. The highest BCUT2D eigenvalue weighted by Crippen LogP contribution is 2.24. The number of hydrogen-bond acceptors (Lipinski definition) is 6. The SMILES string of the molecule is COCCNC(=O)C1CCCN1c1nccc(Nc2ccccc2F)n1. The molecule has 1 fully saturated rings. The van der Waals surface area contributed by atoms with Gasteiger partial charge in [0.15, 0.2) is 0 Å². The maximum atomic E-state index is 13.8. The van der Waals surface area contributed by atoms with E-state index in [0.717, 1.165) is 12.8 Å². The van der Waals surface area contributed by atoms with E-state index in [1.54, 1.807) is 37.6 Å². The van der Waals surface area contributed by atoms with Crippen molar-refractivity contribution in [1.82, 2.24) is 15.3 Å². The number of para-hydroxylation sites is 1. The number of carbonyl (C=O) groups excluding carboxylic acids is 1. The molecule has 1 saturated heterocycles. The highest BCUT2D eigenvalue weighted by Gasteiger charge is 2.32. The smallest absolute Gasteiger partial charge is 0.242 e. The molecule has 1 aliphatic rings. The Kier molecular flexibility index (Phi) is 5.96. The maximum Gasteiger partial charge on any atom is 0.242 e. The lowest BCUT2D eigenvalue weighted by molar-refractivity contribution is -0.122. The highest BCUT2D eigenvalue weighted by atomic mass is 19.1. The number of carbonyl (C=O) groups is 1. The van der Waals surface area contributed by atoms with Crippen molar-refractivity contribution in [2.24, 2.45) is 0 Å². The molecule has 2 aromatic rings. The van der Waals surface area contributed by atoms with Crippen LogP contribution in [0.4, 0.5) is 21.8 Å². The summed E-state index contributed by atoms with van der Waals surface area (Å²) in [5, 5.41) is 5.81. The molecule has 1 aliphatic heterocycles. The van der Waals surface area contributed by atoms with Gasteiger partial charge in [0.25, 0.3) is 0 Å². The summed E-state index contributed by atoms with van der Waals surface area (Å²) < 4.78 is 18.8. The molecule has 1 atom stereocenters. The number of rotatable bonds is 7. The molecule has 1 amide bonds. The van der Waals surface area contributed by atoms with Gasteiger partial charge in [-0.25, -0.2) is 9.37 Å². The summed E-state index contributed by atoms with van der Waals surface area (Å²) in [4.78, 5) is 23.0. The van der Waals surface area contributed by atoms with E-state index in [-0.39, 0.29) is 17.8 Å². The van der Waals surface area contributed by atoms with Gasteiger partial charge in [0.1, 0.15) is 17.7 Å². The molecule has 1 aromatic heterocycles. The van der Waals surface area contributed by atoms with Gasteiger partial charge in [0, 0.05) is 26.4 Å². The highest BCUT2D eigenvalue weighted by molar-refractivity contribution is 5.85. The first kappa shape index (κ1) is 18.1. The van der Waals surface area contributed by atoms with Crippen molar-refractivity contribution < 1.29 is 13.9 Å². The summed E-state index contributed by atoms with van der Waals surface area (Å²) in [5.41, 5.74) is 0.340. The molecule has 0 aliphatic carbocycles. The number of ether oxygens (including phenoxy) is 1. The fourth-order valence-corrected chi connectivity index (χ4v) is 2.93. The number of methoxy groups -OCH3 is 1. The van der Waals surface area contributed by atoms with Crippen LogP contribution in [0, 0.1) is 5.82 Å². The summed E-state index contributed by atoms with van der Waals surface area (Å²) in [7, 11) is 1.59. The number of benzene rings is 1. The zero-order valence-corrected chi connectivity index (χ0v) is 14.6. The molecule has 2 heterocycles.